The van der Waals surface area contributed by atoms with Gasteiger partial charge in [0, 0.05) is 38.3 Å². The maximum Gasteiger partial charge on any atom is 0.0476 e. The molecular weight excluding hydrogens is 222 g/mol. The Morgan fingerprint density at radius 2 is 2.06 bits per heavy atom. The molecule has 1 aromatic carbocycles. The highest BCUT2D eigenvalue weighted by Crippen LogP contribution is 2.22. The Bertz CT molecular complexity index is 350. The van der Waals surface area contributed by atoms with Crippen molar-refractivity contribution in [1.29, 1.82) is 0 Å². The molecule has 0 saturated carbocycles. The van der Waals surface area contributed by atoms with E-state index in [0.717, 1.165) is 26.2 Å². The van der Waals surface area contributed by atoms with Crippen molar-refractivity contribution in [3.8, 4) is 0 Å². The van der Waals surface area contributed by atoms with E-state index < -0.39 is 0 Å². The molecule has 0 aliphatic carbocycles. The number of rotatable bonds is 4. The second-order valence-corrected chi connectivity index (χ2v) is 5.54. The maximum absolute atomic E-state index is 3.52. The van der Waals surface area contributed by atoms with Crippen LogP contribution in [-0.2, 0) is 0 Å². The zero-order chi connectivity index (χ0) is 13.0. The minimum atomic E-state index is 0.505. The predicted octanol–water partition coefficient (Wildman–Crippen LogP) is 1.58. The topological polar surface area (TPSA) is 18.5 Å². The van der Waals surface area contributed by atoms with Crippen molar-refractivity contribution in [2.45, 2.75) is 19.0 Å². The van der Waals surface area contributed by atoms with Gasteiger partial charge >= 0.3 is 0 Å². The number of likely N-dealkylation sites (N-methyl/N-ethyl adjacent to an activating group) is 1. The Kier molecular flexibility index (Phi) is 4.75. The third-order valence-electron chi connectivity index (χ3n) is 3.56. The summed E-state index contributed by atoms with van der Waals surface area (Å²) in [5.74, 6) is 0. The van der Waals surface area contributed by atoms with Crippen LogP contribution in [0, 0.1) is 0 Å². The van der Waals surface area contributed by atoms with Gasteiger partial charge in [0.1, 0.15) is 0 Å². The first kappa shape index (κ1) is 13.5. The lowest BCUT2D eigenvalue weighted by atomic mass is 10.0. The number of benzene rings is 1. The molecule has 3 nitrogen and oxygen atoms in total. The summed E-state index contributed by atoms with van der Waals surface area (Å²) in [6.45, 7) is 6.71. The molecule has 1 aromatic rings. The second-order valence-electron chi connectivity index (χ2n) is 5.54. The van der Waals surface area contributed by atoms with Crippen molar-refractivity contribution >= 4 is 0 Å². The van der Waals surface area contributed by atoms with Crippen molar-refractivity contribution in [3.63, 3.8) is 0 Å². The highest BCUT2D eigenvalue weighted by atomic mass is 15.2. The van der Waals surface area contributed by atoms with Crippen molar-refractivity contribution in [2.24, 2.45) is 0 Å². The minimum Gasteiger partial charge on any atom is -0.312 e. The van der Waals surface area contributed by atoms with Crippen molar-refractivity contribution in [3.05, 3.63) is 35.9 Å². The van der Waals surface area contributed by atoms with E-state index in [9.17, 15) is 0 Å². The van der Waals surface area contributed by atoms with Gasteiger partial charge < -0.3 is 10.2 Å². The quantitative estimate of drug-likeness (QED) is 0.871. The number of hydrogen-bond acceptors (Lipinski definition) is 3. The third kappa shape index (κ3) is 3.55. The van der Waals surface area contributed by atoms with Gasteiger partial charge in [-0.2, -0.15) is 0 Å². The van der Waals surface area contributed by atoms with E-state index in [1.807, 2.05) is 0 Å². The summed E-state index contributed by atoms with van der Waals surface area (Å²) >= 11 is 0. The molecule has 0 radical (unpaired) electrons. The van der Waals surface area contributed by atoms with Crippen molar-refractivity contribution in [1.82, 2.24) is 15.1 Å². The molecule has 1 heterocycles. The molecule has 0 amide bonds. The molecule has 18 heavy (non-hydrogen) atoms. The van der Waals surface area contributed by atoms with Crippen LogP contribution >= 0.6 is 0 Å². The molecule has 0 bridgehead atoms. The number of piperazine rings is 1. The second kappa shape index (κ2) is 6.32. The first-order valence-corrected chi connectivity index (χ1v) is 6.84. The average molecular weight is 247 g/mol. The van der Waals surface area contributed by atoms with E-state index >= 15 is 0 Å². The van der Waals surface area contributed by atoms with Crippen LogP contribution in [0.5, 0.6) is 0 Å². The van der Waals surface area contributed by atoms with Crippen molar-refractivity contribution < 1.29 is 0 Å². The van der Waals surface area contributed by atoms with Gasteiger partial charge in [0.15, 0.2) is 0 Å². The molecule has 0 aromatic heterocycles. The van der Waals surface area contributed by atoms with E-state index in [1.165, 1.54) is 5.56 Å². The Morgan fingerprint density at radius 1 is 1.33 bits per heavy atom. The monoisotopic (exact) mass is 247 g/mol. The fraction of sp³-hybridized carbons (Fsp3) is 0.600. The summed E-state index contributed by atoms with van der Waals surface area (Å²) in [6, 6.07) is 12.0. The van der Waals surface area contributed by atoms with Crippen LogP contribution in [0.15, 0.2) is 30.3 Å². The number of nitrogens with one attached hydrogen (secondary N) is 1. The van der Waals surface area contributed by atoms with E-state index in [-0.39, 0.29) is 0 Å². The SMILES string of the molecule is C[C@@H]1CN([C@H](CN(C)C)c2ccccc2)CCN1. The summed E-state index contributed by atoms with van der Waals surface area (Å²) in [4.78, 5) is 4.89. The van der Waals surface area contributed by atoms with Crippen LogP contribution in [0.4, 0.5) is 0 Å². The average Bonchev–Trinajstić information content (AvgIpc) is 2.37. The smallest absolute Gasteiger partial charge is 0.0476 e. The lowest BCUT2D eigenvalue weighted by molar-refractivity contribution is 0.125. The Balaban J connectivity index is 2.14. The van der Waals surface area contributed by atoms with Gasteiger partial charge in [-0.3, -0.25) is 4.90 Å². The first-order valence-electron chi connectivity index (χ1n) is 6.84. The molecule has 1 aliphatic heterocycles. The molecule has 1 aliphatic rings. The molecule has 0 unspecified atom stereocenters. The van der Waals surface area contributed by atoms with Crippen LogP contribution in [0.1, 0.15) is 18.5 Å². The van der Waals surface area contributed by atoms with E-state index in [4.69, 9.17) is 0 Å². The molecule has 1 fully saturated rings. The fourth-order valence-corrected chi connectivity index (χ4v) is 2.70. The van der Waals surface area contributed by atoms with E-state index in [2.05, 4.69) is 66.5 Å². The van der Waals surface area contributed by atoms with Crippen LogP contribution in [0.3, 0.4) is 0 Å². The summed E-state index contributed by atoms with van der Waals surface area (Å²) < 4.78 is 0. The zero-order valence-corrected chi connectivity index (χ0v) is 11.8. The Labute approximate surface area is 111 Å². The molecule has 2 atom stereocenters. The fourth-order valence-electron chi connectivity index (χ4n) is 2.70. The molecule has 100 valence electrons. The normalized spacial score (nSPS) is 23.2. The molecule has 0 spiro atoms. The highest BCUT2D eigenvalue weighted by Gasteiger charge is 2.24. The predicted molar refractivity (Wildman–Crippen MR) is 76.8 cm³/mol. The van der Waals surface area contributed by atoms with Gasteiger partial charge in [0.2, 0.25) is 0 Å². The third-order valence-corrected chi connectivity index (χ3v) is 3.56. The van der Waals surface area contributed by atoms with Gasteiger partial charge in [-0.1, -0.05) is 30.3 Å². The minimum absolute atomic E-state index is 0.505. The Hall–Kier alpha value is -0.900. The van der Waals surface area contributed by atoms with Gasteiger partial charge in [0.25, 0.3) is 0 Å². The standard InChI is InChI=1S/C15H25N3/c1-13-11-18(10-9-16-13)15(12-17(2)3)14-7-5-4-6-8-14/h4-8,13,15-16H,9-12H2,1-3H3/t13-,15-/m1/s1. The van der Waals surface area contributed by atoms with Crippen LogP contribution in [0.2, 0.25) is 0 Å². The van der Waals surface area contributed by atoms with E-state index in [0.29, 0.717) is 12.1 Å². The summed E-state index contributed by atoms with van der Waals surface area (Å²) in [5.41, 5.74) is 1.43. The number of nitrogens with zero attached hydrogens (tertiary/aromatic N) is 2. The summed E-state index contributed by atoms with van der Waals surface area (Å²) in [6.07, 6.45) is 0. The zero-order valence-electron chi connectivity index (χ0n) is 11.8. The lowest BCUT2D eigenvalue weighted by Crippen LogP contribution is -2.51. The molecular formula is C15H25N3. The van der Waals surface area contributed by atoms with Gasteiger partial charge in [-0.25, -0.2) is 0 Å². The summed E-state index contributed by atoms with van der Waals surface area (Å²) in [5, 5.41) is 3.52. The first-order chi connectivity index (χ1) is 8.66. The largest absolute Gasteiger partial charge is 0.312 e. The summed E-state index contributed by atoms with van der Waals surface area (Å²) in [7, 11) is 4.31. The molecule has 1 N–H and O–H groups in total. The molecule has 2 rings (SSSR count). The van der Waals surface area contributed by atoms with Crippen LogP contribution in [-0.4, -0.2) is 56.1 Å². The van der Waals surface area contributed by atoms with Crippen LogP contribution < -0.4 is 5.32 Å². The van der Waals surface area contributed by atoms with Gasteiger partial charge in [-0.05, 0) is 26.6 Å². The number of hydrogen-bond donors (Lipinski definition) is 1. The highest BCUT2D eigenvalue weighted by molar-refractivity contribution is 5.19. The van der Waals surface area contributed by atoms with Gasteiger partial charge in [0.05, 0.1) is 0 Å². The lowest BCUT2D eigenvalue weighted by Gasteiger charge is -2.39. The maximum atomic E-state index is 3.52. The van der Waals surface area contributed by atoms with E-state index in [1.54, 1.807) is 0 Å². The Morgan fingerprint density at radius 3 is 2.67 bits per heavy atom. The van der Waals surface area contributed by atoms with Gasteiger partial charge in [-0.15, -0.1) is 0 Å². The van der Waals surface area contributed by atoms with Crippen molar-refractivity contribution in [2.75, 3.05) is 40.3 Å². The molecule has 1 saturated heterocycles. The van der Waals surface area contributed by atoms with Crippen LogP contribution in [0.25, 0.3) is 0 Å². The molecule has 3 heteroatoms.